The maximum absolute atomic E-state index is 14.9. The van der Waals surface area contributed by atoms with Gasteiger partial charge in [-0.05, 0) is 51.4 Å². The molecule has 0 radical (unpaired) electrons. The number of ether oxygens (including phenoxy) is 8. The van der Waals surface area contributed by atoms with Crippen LogP contribution in [0.1, 0.15) is 426 Å². The molecule has 0 amide bonds. The van der Waals surface area contributed by atoms with E-state index in [0.29, 0.717) is 38.5 Å². The largest absolute Gasteiger partial charge is 0.472 e. The zero-order chi connectivity index (χ0) is 86.8. The zero-order valence-electron chi connectivity index (χ0n) is 74.7. The van der Waals surface area contributed by atoms with Gasteiger partial charge in [0.1, 0.15) is 92.6 Å². The van der Waals surface area contributed by atoms with Crippen LogP contribution in [0.3, 0.4) is 0 Å². The van der Waals surface area contributed by atoms with E-state index in [1.807, 2.05) is 0 Å². The van der Waals surface area contributed by atoms with E-state index in [0.717, 1.165) is 122 Å². The first-order valence-electron chi connectivity index (χ1n) is 48.4. The van der Waals surface area contributed by atoms with E-state index in [1.165, 1.54) is 212 Å². The first-order valence-corrected chi connectivity index (χ1v) is 49.9. The molecule has 2 heterocycles. The Labute approximate surface area is 718 Å². The Morgan fingerprint density at radius 3 is 1.01 bits per heavy atom. The number of hydrogen-bond donors (Lipinski definition) is 10. The van der Waals surface area contributed by atoms with Gasteiger partial charge in [0.15, 0.2) is 24.8 Å². The fourth-order valence-corrected chi connectivity index (χ4v) is 17.0. The summed E-state index contributed by atoms with van der Waals surface area (Å²) in [6.07, 6.45) is 31.9. The first-order chi connectivity index (χ1) is 57.7. The smallest absolute Gasteiger partial charge is 0.463 e. The van der Waals surface area contributed by atoms with Crippen LogP contribution in [0.4, 0.5) is 0 Å². The minimum absolute atomic E-state index is 0.0186. The van der Waals surface area contributed by atoms with Crippen molar-refractivity contribution in [3.63, 3.8) is 0 Å². The maximum atomic E-state index is 14.9. The van der Waals surface area contributed by atoms with Crippen LogP contribution in [-0.4, -0.2) is 205 Å². The molecule has 3 fully saturated rings. The fraction of sp³-hybridized carbons (Fsp3) is 0.935. The Bertz CT molecular complexity index is 2520. The summed E-state index contributed by atoms with van der Waals surface area (Å²) in [5, 5.41) is 102. The normalized spacial score (nSPS) is 24.8. The number of phosphoric ester groups is 1. The minimum atomic E-state index is -5.81. The number of hydrogen-bond acceptors (Lipinski definition) is 24. The average molecular weight is 1720 g/mol. The molecular formula is C93H173O25P. The van der Waals surface area contributed by atoms with Crippen LogP contribution in [0.5, 0.6) is 0 Å². The van der Waals surface area contributed by atoms with Gasteiger partial charge in [0, 0.05) is 25.7 Å². The maximum Gasteiger partial charge on any atom is 0.472 e. The molecule has 119 heavy (non-hydrogen) atoms. The second kappa shape index (κ2) is 72.3. The van der Waals surface area contributed by atoms with Gasteiger partial charge in [-0.15, -0.1) is 0 Å². The Morgan fingerprint density at radius 1 is 0.328 bits per heavy atom. The molecule has 2 saturated heterocycles. The van der Waals surface area contributed by atoms with Gasteiger partial charge >= 0.3 is 31.7 Å². The van der Waals surface area contributed by atoms with Gasteiger partial charge in [0.05, 0.1) is 13.2 Å². The third-order valence-corrected chi connectivity index (χ3v) is 24.8. The second-order valence-corrected chi connectivity index (χ2v) is 36.0. The Hall–Kier alpha value is -2.79. The third kappa shape index (κ3) is 52.2. The van der Waals surface area contributed by atoms with Crippen molar-refractivity contribution in [1.29, 1.82) is 0 Å². The van der Waals surface area contributed by atoms with Crippen molar-refractivity contribution in [3.8, 4) is 0 Å². The molecule has 18 atom stereocenters. The quantitative estimate of drug-likeness (QED) is 0.00889. The number of esters is 4. The number of aliphatic hydroxyl groups excluding tert-OH is 9. The van der Waals surface area contributed by atoms with Crippen LogP contribution in [0.15, 0.2) is 12.2 Å². The topological polar surface area (TPSA) is 380 Å². The van der Waals surface area contributed by atoms with Crippen LogP contribution in [0.25, 0.3) is 0 Å². The molecule has 2 aliphatic heterocycles. The van der Waals surface area contributed by atoms with Gasteiger partial charge in [-0.25, -0.2) is 4.57 Å². The predicted octanol–water partition coefficient (Wildman–Crippen LogP) is 18.3. The molecule has 0 aromatic rings. The van der Waals surface area contributed by atoms with E-state index >= 15 is 0 Å². The number of carbonyl (C=O) groups is 4. The lowest BCUT2D eigenvalue weighted by Crippen LogP contribution is -2.70. The van der Waals surface area contributed by atoms with Gasteiger partial charge in [0.25, 0.3) is 0 Å². The van der Waals surface area contributed by atoms with Crippen molar-refractivity contribution in [1.82, 2.24) is 0 Å². The van der Waals surface area contributed by atoms with E-state index in [9.17, 15) is 74.6 Å². The minimum Gasteiger partial charge on any atom is -0.463 e. The van der Waals surface area contributed by atoms with Gasteiger partial charge in [-0.3, -0.25) is 28.2 Å². The summed E-state index contributed by atoms with van der Waals surface area (Å²) in [5.74, 6) is -2.97. The van der Waals surface area contributed by atoms with E-state index in [-0.39, 0.29) is 25.7 Å². The predicted molar refractivity (Wildman–Crippen MR) is 463 cm³/mol. The third-order valence-electron chi connectivity index (χ3n) is 23.8. The van der Waals surface area contributed by atoms with Crippen molar-refractivity contribution < 1.29 is 122 Å². The van der Waals surface area contributed by atoms with Gasteiger partial charge < -0.3 is 88.7 Å². The van der Waals surface area contributed by atoms with E-state index in [4.69, 9.17) is 46.9 Å². The second-order valence-electron chi connectivity index (χ2n) is 34.6. The van der Waals surface area contributed by atoms with Gasteiger partial charge in [0.2, 0.25) is 0 Å². The highest BCUT2D eigenvalue weighted by atomic mass is 31.2. The molecule has 0 spiro atoms. The van der Waals surface area contributed by atoms with Crippen LogP contribution in [0.2, 0.25) is 0 Å². The molecule has 700 valence electrons. The summed E-state index contributed by atoms with van der Waals surface area (Å²) in [7, 11) is -5.81. The molecule has 1 saturated carbocycles. The number of allylic oxidation sites excluding steroid dienone is 2. The summed E-state index contributed by atoms with van der Waals surface area (Å²) in [6.45, 7) is 5.62. The summed E-state index contributed by atoms with van der Waals surface area (Å²) in [6, 6.07) is 0. The SMILES string of the molecule is CCCCCCCC/C=C\CCCCCC(=O)OC(COC(=O)CCCCCCCCCCCCCCCCCC)COP(=O)(O)OC1C(OC2OC(CO)C(O)C(O)C2O)C(O)C(O)C(OC(=O)CCCCCCCCCCCCCCCCCC)C1OC1OC(COC(=O)CCCCCCCCCCCCCCCCC)C(O)C(O)C1O. The highest BCUT2D eigenvalue weighted by Gasteiger charge is 2.60. The van der Waals surface area contributed by atoms with Crippen molar-refractivity contribution in [2.75, 3.05) is 26.4 Å². The number of rotatable bonds is 79. The highest BCUT2D eigenvalue weighted by molar-refractivity contribution is 7.47. The molecule has 0 bridgehead atoms. The summed E-state index contributed by atoms with van der Waals surface area (Å²) >= 11 is 0. The van der Waals surface area contributed by atoms with Crippen LogP contribution in [0, 0.1) is 0 Å². The van der Waals surface area contributed by atoms with Crippen molar-refractivity contribution in [2.24, 2.45) is 0 Å². The number of carbonyl (C=O) groups excluding carboxylic acids is 4. The van der Waals surface area contributed by atoms with Crippen LogP contribution >= 0.6 is 7.82 Å². The lowest BCUT2D eigenvalue weighted by atomic mass is 9.84. The molecule has 26 heteroatoms. The summed E-state index contributed by atoms with van der Waals surface area (Å²) in [4.78, 5) is 66.5. The molecule has 25 nitrogen and oxygen atoms in total. The monoisotopic (exact) mass is 1720 g/mol. The molecule has 0 aromatic heterocycles. The Kier molecular flexibility index (Phi) is 67.0. The summed E-state index contributed by atoms with van der Waals surface area (Å²) < 4.78 is 73.5. The lowest BCUT2D eigenvalue weighted by molar-refractivity contribution is -0.360. The van der Waals surface area contributed by atoms with E-state index in [2.05, 4.69) is 39.8 Å². The fourth-order valence-electron chi connectivity index (χ4n) is 16.1. The highest BCUT2D eigenvalue weighted by Crippen LogP contribution is 2.49. The van der Waals surface area contributed by atoms with Gasteiger partial charge in [-0.2, -0.15) is 0 Å². The first kappa shape index (κ1) is 110. The zero-order valence-corrected chi connectivity index (χ0v) is 75.6. The molecule has 3 rings (SSSR count). The molecular weight excluding hydrogens is 1550 g/mol. The summed E-state index contributed by atoms with van der Waals surface area (Å²) in [5.41, 5.74) is 0. The average Bonchev–Trinajstić information content (AvgIpc) is 0.754. The molecule has 3 aliphatic rings. The van der Waals surface area contributed by atoms with Crippen molar-refractivity contribution in [3.05, 3.63) is 12.2 Å². The molecule has 18 unspecified atom stereocenters. The molecule has 1 aliphatic carbocycles. The van der Waals surface area contributed by atoms with E-state index < -0.39 is 162 Å². The Balaban J connectivity index is 1.90. The number of phosphoric acid groups is 1. The molecule has 0 aromatic carbocycles. The van der Waals surface area contributed by atoms with Crippen LogP contribution in [-0.2, 0) is 70.7 Å². The van der Waals surface area contributed by atoms with Crippen molar-refractivity contribution in [2.45, 2.75) is 530 Å². The van der Waals surface area contributed by atoms with Crippen molar-refractivity contribution >= 4 is 31.7 Å². The standard InChI is InChI=1S/C93H173O25P/c1-5-9-13-17-21-25-29-33-36-39-43-45-49-53-57-61-65-76(95)109-70-73(112-78(97)67-63-59-55-51-47-41-32-28-24-20-16-12-8-4)71-111-119(107,108)118-91-89(116-92-86(105)82(101)80(99)74(69-94)113-92)85(104)84(103)88(115-79(98)68-64-60-56-52-48-44-40-37-34-30-26-22-18-14-10-6-2)90(91)117-93-87(106)83(102)81(100)75(114-93)72-110-77(96)66-62-58-54-50-46-42-38-35-31-27-23-19-15-11-7-3/h41,47,73-75,80-94,99-106H,5-40,42-46,48-72H2,1-4H3,(H,107,108)/b47-41-. The number of aliphatic hydroxyl groups is 9. The Morgan fingerprint density at radius 2 is 0.630 bits per heavy atom. The van der Waals surface area contributed by atoms with Crippen LogP contribution < -0.4 is 0 Å². The number of unbranched alkanes of at least 4 members (excludes halogenated alkanes) is 53. The molecule has 10 N–H and O–H groups in total. The van der Waals surface area contributed by atoms with E-state index in [1.54, 1.807) is 0 Å². The van der Waals surface area contributed by atoms with Gasteiger partial charge in [-0.1, -0.05) is 361 Å². The lowest BCUT2D eigenvalue weighted by Gasteiger charge is -2.50.